The van der Waals surface area contributed by atoms with Gasteiger partial charge in [0.2, 0.25) is 15.9 Å². The second-order valence-electron chi connectivity index (χ2n) is 7.03. The van der Waals surface area contributed by atoms with Crippen LogP contribution in [0, 0.1) is 6.92 Å². The van der Waals surface area contributed by atoms with Gasteiger partial charge >= 0.3 is 5.97 Å². The molecule has 0 heterocycles. The summed E-state index contributed by atoms with van der Waals surface area (Å²) in [6.45, 7) is 5.55. The second kappa shape index (κ2) is 10.9. The molecule has 0 aromatic heterocycles. The fourth-order valence-corrected chi connectivity index (χ4v) is 3.99. The standard InChI is InChI=1S/C22H28N2O6S/c1-5-6-13-30-22(26)17-7-9-18(10-8-17)23-21(25)16(3)24-31(27,28)19-11-12-20(29-4)15(2)14-19/h7-12,14,16,24H,5-6,13H2,1-4H3,(H,23,25)/t16-/m1/s1. The van der Waals surface area contributed by atoms with Crippen molar-refractivity contribution < 1.29 is 27.5 Å². The van der Waals surface area contributed by atoms with E-state index >= 15 is 0 Å². The Morgan fingerprint density at radius 2 is 1.77 bits per heavy atom. The van der Waals surface area contributed by atoms with Crippen molar-refractivity contribution in [2.45, 2.75) is 44.6 Å². The molecule has 0 unspecified atom stereocenters. The van der Waals surface area contributed by atoms with Gasteiger partial charge in [0.25, 0.3) is 0 Å². The molecule has 2 N–H and O–H groups in total. The minimum Gasteiger partial charge on any atom is -0.496 e. The molecule has 1 amide bonds. The SMILES string of the molecule is CCCCOC(=O)c1ccc(NC(=O)[C@@H](C)NS(=O)(=O)c2ccc(OC)c(C)c2)cc1. The van der Waals surface area contributed by atoms with E-state index in [-0.39, 0.29) is 4.90 Å². The van der Waals surface area contributed by atoms with Gasteiger partial charge in [0, 0.05) is 5.69 Å². The number of nitrogens with one attached hydrogen (secondary N) is 2. The van der Waals surface area contributed by atoms with E-state index in [2.05, 4.69) is 10.0 Å². The molecule has 0 radical (unpaired) electrons. The van der Waals surface area contributed by atoms with Crippen LogP contribution in [-0.4, -0.2) is 40.1 Å². The molecule has 31 heavy (non-hydrogen) atoms. The van der Waals surface area contributed by atoms with E-state index in [0.717, 1.165) is 12.8 Å². The van der Waals surface area contributed by atoms with Gasteiger partial charge in [-0.15, -0.1) is 0 Å². The average Bonchev–Trinajstić information content (AvgIpc) is 2.74. The molecular formula is C22H28N2O6S. The van der Waals surface area contributed by atoms with Crippen LogP contribution < -0.4 is 14.8 Å². The number of esters is 1. The maximum Gasteiger partial charge on any atom is 0.338 e. The van der Waals surface area contributed by atoms with Gasteiger partial charge in [-0.05, 0) is 68.3 Å². The number of hydrogen-bond donors (Lipinski definition) is 2. The predicted molar refractivity (Wildman–Crippen MR) is 118 cm³/mol. The van der Waals surface area contributed by atoms with Crippen LogP contribution in [0.2, 0.25) is 0 Å². The maximum atomic E-state index is 12.6. The second-order valence-corrected chi connectivity index (χ2v) is 8.74. The number of anilines is 1. The minimum absolute atomic E-state index is 0.0383. The summed E-state index contributed by atoms with van der Waals surface area (Å²) in [6, 6.07) is 9.62. The Labute approximate surface area is 183 Å². The zero-order valence-electron chi connectivity index (χ0n) is 18.1. The topological polar surface area (TPSA) is 111 Å². The van der Waals surface area contributed by atoms with Crippen molar-refractivity contribution in [3.8, 4) is 5.75 Å². The number of amides is 1. The summed E-state index contributed by atoms with van der Waals surface area (Å²) >= 11 is 0. The number of methoxy groups -OCH3 is 1. The van der Waals surface area contributed by atoms with Gasteiger partial charge in [-0.3, -0.25) is 4.79 Å². The third-order valence-electron chi connectivity index (χ3n) is 4.52. The highest BCUT2D eigenvalue weighted by atomic mass is 32.2. The van der Waals surface area contributed by atoms with Crippen LogP contribution in [0.5, 0.6) is 5.75 Å². The molecule has 0 fully saturated rings. The molecule has 168 valence electrons. The molecule has 0 saturated carbocycles. The van der Waals surface area contributed by atoms with Crippen molar-refractivity contribution in [2.24, 2.45) is 0 Å². The molecule has 9 heteroatoms. The number of unbranched alkanes of at least 4 members (excludes halogenated alkanes) is 1. The summed E-state index contributed by atoms with van der Waals surface area (Å²) in [4.78, 5) is 24.4. The summed E-state index contributed by atoms with van der Waals surface area (Å²) in [7, 11) is -2.40. The Bertz CT molecular complexity index is 1020. The van der Waals surface area contributed by atoms with Gasteiger partial charge < -0.3 is 14.8 Å². The van der Waals surface area contributed by atoms with E-state index in [1.54, 1.807) is 37.3 Å². The normalized spacial score (nSPS) is 12.1. The zero-order chi connectivity index (χ0) is 23.0. The number of carbonyl (C=O) groups is 2. The summed E-state index contributed by atoms with van der Waals surface area (Å²) in [5, 5.41) is 2.63. The highest BCUT2D eigenvalue weighted by molar-refractivity contribution is 7.89. The smallest absolute Gasteiger partial charge is 0.338 e. The van der Waals surface area contributed by atoms with Crippen LogP contribution in [-0.2, 0) is 19.6 Å². The molecule has 0 aliphatic rings. The van der Waals surface area contributed by atoms with Crippen molar-refractivity contribution in [3.05, 3.63) is 53.6 Å². The molecule has 2 aromatic rings. The van der Waals surface area contributed by atoms with Gasteiger partial charge in [0.1, 0.15) is 5.75 Å². The first-order valence-electron chi connectivity index (χ1n) is 9.93. The lowest BCUT2D eigenvalue weighted by molar-refractivity contribution is -0.117. The van der Waals surface area contributed by atoms with Crippen molar-refractivity contribution in [1.82, 2.24) is 4.72 Å². The van der Waals surface area contributed by atoms with Crippen molar-refractivity contribution in [3.63, 3.8) is 0 Å². The molecule has 0 aliphatic heterocycles. The Morgan fingerprint density at radius 1 is 1.10 bits per heavy atom. The Kier molecular flexibility index (Phi) is 8.58. The zero-order valence-corrected chi connectivity index (χ0v) is 18.9. The number of ether oxygens (including phenoxy) is 2. The lowest BCUT2D eigenvalue weighted by atomic mass is 10.2. The molecule has 1 atom stereocenters. The highest BCUT2D eigenvalue weighted by Crippen LogP contribution is 2.21. The van der Waals surface area contributed by atoms with E-state index < -0.39 is 27.9 Å². The lowest BCUT2D eigenvalue weighted by Crippen LogP contribution is -2.41. The van der Waals surface area contributed by atoms with Crippen molar-refractivity contribution >= 4 is 27.6 Å². The fraction of sp³-hybridized carbons (Fsp3) is 0.364. The summed E-state index contributed by atoms with van der Waals surface area (Å²) in [5.41, 5.74) is 1.47. The monoisotopic (exact) mass is 448 g/mol. The first-order valence-corrected chi connectivity index (χ1v) is 11.4. The fourth-order valence-electron chi connectivity index (χ4n) is 2.71. The first kappa shape index (κ1) is 24.4. The number of sulfonamides is 1. The van der Waals surface area contributed by atoms with Gasteiger partial charge in [-0.25, -0.2) is 13.2 Å². The molecule has 0 aliphatic carbocycles. The van der Waals surface area contributed by atoms with Gasteiger partial charge in [-0.1, -0.05) is 13.3 Å². The van der Waals surface area contributed by atoms with Gasteiger partial charge in [0.05, 0.1) is 30.2 Å². The summed E-state index contributed by atoms with van der Waals surface area (Å²) < 4.78 is 37.8. The summed E-state index contributed by atoms with van der Waals surface area (Å²) in [6.07, 6.45) is 1.72. The number of aryl methyl sites for hydroxylation is 1. The Morgan fingerprint density at radius 3 is 2.35 bits per heavy atom. The number of rotatable bonds is 10. The predicted octanol–water partition coefficient (Wildman–Crippen LogP) is 3.27. The van der Waals surface area contributed by atoms with Gasteiger partial charge in [0.15, 0.2) is 0 Å². The molecular weight excluding hydrogens is 420 g/mol. The minimum atomic E-state index is -3.90. The molecule has 8 nitrogen and oxygen atoms in total. The first-order chi connectivity index (χ1) is 14.7. The van der Waals surface area contributed by atoms with E-state index in [9.17, 15) is 18.0 Å². The molecule has 0 spiro atoms. The van der Waals surface area contributed by atoms with E-state index in [0.29, 0.717) is 29.2 Å². The maximum absolute atomic E-state index is 12.6. The van der Waals surface area contributed by atoms with E-state index in [1.165, 1.54) is 26.2 Å². The van der Waals surface area contributed by atoms with Crippen LogP contribution in [0.1, 0.15) is 42.6 Å². The lowest BCUT2D eigenvalue weighted by Gasteiger charge is -2.15. The van der Waals surface area contributed by atoms with Crippen LogP contribution >= 0.6 is 0 Å². The highest BCUT2D eigenvalue weighted by Gasteiger charge is 2.23. The molecule has 0 bridgehead atoms. The van der Waals surface area contributed by atoms with Crippen LogP contribution in [0.15, 0.2) is 47.4 Å². The number of hydrogen-bond acceptors (Lipinski definition) is 6. The quantitative estimate of drug-likeness (QED) is 0.426. The van der Waals surface area contributed by atoms with Crippen molar-refractivity contribution in [1.29, 1.82) is 0 Å². The van der Waals surface area contributed by atoms with E-state index in [4.69, 9.17) is 9.47 Å². The van der Waals surface area contributed by atoms with Gasteiger partial charge in [-0.2, -0.15) is 4.72 Å². The third kappa shape index (κ3) is 6.80. The van der Waals surface area contributed by atoms with Crippen LogP contribution in [0.25, 0.3) is 0 Å². The van der Waals surface area contributed by atoms with Crippen LogP contribution in [0.4, 0.5) is 5.69 Å². The number of benzene rings is 2. The summed E-state index contributed by atoms with van der Waals surface area (Å²) in [5.74, 6) is -0.392. The largest absolute Gasteiger partial charge is 0.496 e. The Balaban J connectivity index is 1.98. The van der Waals surface area contributed by atoms with Crippen LogP contribution in [0.3, 0.4) is 0 Å². The average molecular weight is 449 g/mol. The molecule has 0 saturated heterocycles. The Hall–Kier alpha value is -2.91. The number of carbonyl (C=O) groups excluding carboxylic acids is 2. The molecule has 2 rings (SSSR count). The van der Waals surface area contributed by atoms with Crippen molar-refractivity contribution in [2.75, 3.05) is 19.0 Å². The van der Waals surface area contributed by atoms with E-state index in [1.807, 2.05) is 6.92 Å². The third-order valence-corrected chi connectivity index (χ3v) is 6.06. The molecule has 2 aromatic carbocycles.